The lowest BCUT2D eigenvalue weighted by molar-refractivity contribution is -0.118. The first-order valence-electron chi connectivity index (χ1n) is 7.27. The Morgan fingerprint density at radius 1 is 1.13 bits per heavy atom. The largest absolute Gasteiger partial charge is 0.454 e. The maximum absolute atomic E-state index is 11.9. The summed E-state index contributed by atoms with van der Waals surface area (Å²) in [5.74, 6) is 1.13. The molecule has 2 aromatic carbocycles. The molecular weight excluding hydrogens is 335 g/mol. The minimum Gasteiger partial charge on any atom is -0.454 e. The van der Waals surface area contributed by atoms with Crippen molar-refractivity contribution in [3.05, 3.63) is 45.9 Å². The molecule has 1 heterocycles. The zero-order valence-electron chi connectivity index (χ0n) is 12.6. The van der Waals surface area contributed by atoms with Crippen LogP contribution in [0, 0.1) is 0 Å². The van der Waals surface area contributed by atoms with Crippen LogP contribution >= 0.6 is 23.2 Å². The van der Waals surface area contributed by atoms with Gasteiger partial charge in [-0.2, -0.15) is 0 Å². The van der Waals surface area contributed by atoms with Crippen LogP contribution in [0.15, 0.2) is 30.3 Å². The van der Waals surface area contributed by atoms with E-state index in [1.54, 1.807) is 30.1 Å². The van der Waals surface area contributed by atoms with Gasteiger partial charge in [0.15, 0.2) is 5.75 Å². The molecule has 0 aliphatic carbocycles. The fraction of sp³-hybridized carbons (Fsp3) is 0.235. The van der Waals surface area contributed by atoms with E-state index >= 15 is 0 Å². The summed E-state index contributed by atoms with van der Waals surface area (Å²) in [6, 6.07) is 8.80. The van der Waals surface area contributed by atoms with Gasteiger partial charge < -0.3 is 15.4 Å². The average Bonchev–Trinajstić information content (AvgIpc) is 2.63. The third-order valence-corrected chi connectivity index (χ3v) is 4.43. The van der Waals surface area contributed by atoms with Gasteiger partial charge in [0, 0.05) is 24.8 Å². The van der Waals surface area contributed by atoms with Crippen molar-refractivity contribution in [1.82, 2.24) is 0 Å². The first kappa shape index (κ1) is 16.0. The van der Waals surface area contributed by atoms with E-state index in [0.29, 0.717) is 33.7 Å². The summed E-state index contributed by atoms with van der Waals surface area (Å²) in [7, 11) is 1.79. The van der Waals surface area contributed by atoms with Crippen LogP contribution in [0.2, 0.25) is 10.0 Å². The highest BCUT2D eigenvalue weighted by atomic mass is 35.5. The Morgan fingerprint density at radius 3 is 2.52 bits per heavy atom. The Morgan fingerprint density at radius 2 is 1.83 bits per heavy atom. The van der Waals surface area contributed by atoms with Gasteiger partial charge in [-0.05, 0) is 48.7 Å². The minimum atomic E-state index is 0.127. The lowest BCUT2D eigenvalue weighted by Gasteiger charge is -2.18. The Kier molecular flexibility index (Phi) is 4.37. The molecule has 0 spiro atoms. The maximum atomic E-state index is 11.9. The van der Waals surface area contributed by atoms with Gasteiger partial charge in [-0.25, -0.2) is 0 Å². The van der Waals surface area contributed by atoms with Crippen LogP contribution in [0.1, 0.15) is 18.4 Å². The molecule has 1 aliphatic rings. The number of hydrogen-bond donors (Lipinski definition) is 1. The molecule has 0 bridgehead atoms. The number of nitrogen functional groups attached to an aromatic ring is 1. The van der Waals surface area contributed by atoms with Crippen molar-refractivity contribution >= 4 is 40.5 Å². The second-order valence-electron chi connectivity index (χ2n) is 5.51. The number of benzene rings is 2. The predicted molar refractivity (Wildman–Crippen MR) is 93.7 cm³/mol. The zero-order valence-corrected chi connectivity index (χ0v) is 14.1. The van der Waals surface area contributed by atoms with Crippen LogP contribution in [0.3, 0.4) is 0 Å². The number of fused-ring (bicyclic) bond motifs is 1. The van der Waals surface area contributed by atoms with Crippen molar-refractivity contribution in [3.63, 3.8) is 0 Å². The van der Waals surface area contributed by atoms with Crippen molar-refractivity contribution < 1.29 is 9.53 Å². The van der Waals surface area contributed by atoms with Crippen molar-refractivity contribution in [3.8, 4) is 11.5 Å². The molecule has 1 amide bonds. The molecule has 0 aromatic heterocycles. The summed E-state index contributed by atoms with van der Waals surface area (Å²) in [6.45, 7) is 0. The number of halogens is 2. The van der Waals surface area contributed by atoms with Crippen molar-refractivity contribution in [2.45, 2.75) is 19.3 Å². The second kappa shape index (κ2) is 6.30. The third-order valence-electron chi connectivity index (χ3n) is 3.86. The minimum absolute atomic E-state index is 0.127. The zero-order chi connectivity index (χ0) is 16.6. The van der Waals surface area contributed by atoms with E-state index in [2.05, 4.69) is 0 Å². The number of anilines is 2. The molecule has 0 fully saturated rings. The van der Waals surface area contributed by atoms with E-state index in [-0.39, 0.29) is 5.91 Å². The number of amides is 1. The van der Waals surface area contributed by atoms with E-state index in [4.69, 9.17) is 33.7 Å². The van der Waals surface area contributed by atoms with Crippen LogP contribution in [-0.4, -0.2) is 13.0 Å². The summed E-state index contributed by atoms with van der Waals surface area (Å²) < 4.78 is 5.84. The topological polar surface area (TPSA) is 55.6 Å². The summed E-state index contributed by atoms with van der Waals surface area (Å²) in [5, 5.41) is 0.717. The number of nitrogens with zero attached hydrogens (tertiary/aromatic N) is 1. The monoisotopic (exact) mass is 350 g/mol. The van der Waals surface area contributed by atoms with Gasteiger partial charge in [0.25, 0.3) is 0 Å². The number of carbonyl (C=O) groups is 1. The summed E-state index contributed by atoms with van der Waals surface area (Å²) >= 11 is 12.3. The molecular formula is C17H16Cl2N2O2. The first-order chi connectivity index (χ1) is 11.0. The van der Waals surface area contributed by atoms with Crippen LogP contribution in [0.25, 0.3) is 0 Å². The molecule has 0 unspecified atom stereocenters. The Balaban J connectivity index is 1.94. The van der Waals surface area contributed by atoms with Crippen molar-refractivity contribution in [2.75, 3.05) is 17.7 Å². The highest BCUT2D eigenvalue weighted by molar-refractivity contribution is 6.37. The molecule has 1 aliphatic heterocycles. The van der Waals surface area contributed by atoms with E-state index in [1.807, 2.05) is 12.1 Å². The molecule has 3 rings (SSSR count). The van der Waals surface area contributed by atoms with Crippen LogP contribution in [-0.2, 0) is 11.2 Å². The smallest absolute Gasteiger partial charge is 0.226 e. The van der Waals surface area contributed by atoms with Gasteiger partial charge in [0.1, 0.15) is 5.75 Å². The van der Waals surface area contributed by atoms with Gasteiger partial charge in [-0.3, -0.25) is 4.79 Å². The number of ether oxygens (including phenoxy) is 1. The lowest BCUT2D eigenvalue weighted by Crippen LogP contribution is -2.24. The maximum Gasteiger partial charge on any atom is 0.226 e. The van der Waals surface area contributed by atoms with E-state index in [9.17, 15) is 4.79 Å². The molecule has 4 nitrogen and oxygen atoms in total. The Labute approximate surface area is 144 Å². The first-order valence-corrected chi connectivity index (χ1v) is 8.03. The SMILES string of the molecule is CN1C(=O)CCCc2cc(Oc3c(Cl)cc(N)cc3Cl)ccc21. The average molecular weight is 351 g/mol. The third kappa shape index (κ3) is 3.23. The van der Waals surface area contributed by atoms with Crippen molar-refractivity contribution in [2.24, 2.45) is 0 Å². The standard InChI is InChI=1S/C17H16Cl2N2O2/c1-21-15-6-5-12(7-10(15)3-2-4-16(21)22)23-17-13(18)8-11(20)9-14(17)19/h5-9H,2-4,20H2,1H3. The molecule has 23 heavy (non-hydrogen) atoms. The van der Waals surface area contributed by atoms with Gasteiger partial charge in [-0.1, -0.05) is 23.2 Å². The Hall–Kier alpha value is -1.91. The van der Waals surface area contributed by atoms with E-state index < -0.39 is 0 Å². The number of hydrogen-bond acceptors (Lipinski definition) is 3. The highest BCUT2D eigenvalue weighted by Crippen LogP contribution is 2.39. The van der Waals surface area contributed by atoms with Gasteiger partial charge >= 0.3 is 0 Å². The number of nitrogens with two attached hydrogens (primary N) is 1. The quantitative estimate of drug-likeness (QED) is 0.800. The van der Waals surface area contributed by atoms with Gasteiger partial charge in [0.2, 0.25) is 5.91 Å². The van der Waals surface area contributed by atoms with Crippen molar-refractivity contribution in [1.29, 1.82) is 0 Å². The molecule has 2 N–H and O–H groups in total. The van der Waals surface area contributed by atoms with Gasteiger partial charge in [0.05, 0.1) is 10.0 Å². The predicted octanol–water partition coefficient (Wildman–Crippen LogP) is 4.67. The molecule has 0 atom stereocenters. The molecule has 0 radical (unpaired) electrons. The molecule has 0 saturated heterocycles. The second-order valence-corrected chi connectivity index (χ2v) is 6.33. The van der Waals surface area contributed by atoms with Crippen LogP contribution in [0.4, 0.5) is 11.4 Å². The van der Waals surface area contributed by atoms with E-state index in [0.717, 1.165) is 24.1 Å². The number of rotatable bonds is 2. The fourth-order valence-corrected chi connectivity index (χ4v) is 3.26. The fourth-order valence-electron chi connectivity index (χ4n) is 2.68. The number of aryl methyl sites for hydroxylation is 1. The summed E-state index contributed by atoms with van der Waals surface area (Å²) in [5.41, 5.74) is 8.16. The summed E-state index contributed by atoms with van der Waals surface area (Å²) in [4.78, 5) is 13.6. The number of carbonyl (C=O) groups excluding carboxylic acids is 1. The molecule has 120 valence electrons. The molecule has 2 aromatic rings. The van der Waals surface area contributed by atoms with E-state index in [1.165, 1.54) is 0 Å². The Bertz CT molecular complexity index is 754. The normalized spacial score (nSPS) is 14.4. The van der Waals surface area contributed by atoms with Crippen LogP contribution < -0.4 is 15.4 Å². The van der Waals surface area contributed by atoms with Crippen LogP contribution in [0.5, 0.6) is 11.5 Å². The summed E-state index contributed by atoms with van der Waals surface area (Å²) in [6.07, 6.45) is 2.20. The lowest BCUT2D eigenvalue weighted by atomic mass is 10.1. The van der Waals surface area contributed by atoms with Gasteiger partial charge in [-0.15, -0.1) is 0 Å². The highest BCUT2D eigenvalue weighted by Gasteiger charge is 2.19. The molecule has 0 saturated carbocycles. The molecule has 6 heteroatoms.